The van der Waals surface area contributed by atoms with Gasteiger partial charge in [0.1, 0.15) is 11.9 Å². The topological polar surface area (TPSA) is 58.6 Å². The number of piperidine rings is 1. The number of nitrogens with zero attached hydrogens (tertiary/aromatic N) is 1. The maximum Gasteiger partial charge on any atom is 0.251 e. The average Bonchev–Trinajstić information content (AvgIpc) is 3.35. The molecular weight excluding hydrogens is 388 g/mol. The van der Waals surface area contributed by atoms with Crippen molar-refractivity contribution < 1.29 is 14.3 Å². The molecular formula is C26H30N2O3. The zero-order valence-corrected chi connectivity index (χ0v) is 17.9. The summed E-state index contributed by atoms with van der Waals surface area (Å²) < 4.78 is 6.10. The van der Waals surface area contributed by atoms with E-state index in [9.17, 15) is 9.59 Å². The molecule has 2 aliphatic rings. The normalized spacial score (nSPS) is 16.6. The van der Waals surface area contributed by atoms with Crippen molar-refractivity contribution in [1.82, 2.24) is 10.2 Å². The van der Waals surface area contributed by atoms with E-state index >= 15 is 0 Å². The second kappa shape index (κ2) is 10.3. The summed E-state index contributed by atoms with van der Waals surface area (Å²) in [6.45, 7) is 2.08. The summed E-state index contributed by atoms with van der Waals surface area (Å²) >= 11 is 0. The molecule has 1 aliphatic heterocycles. The van der Waals surface area contributed by atoms with E-state index < -0.39 is 0 Å². The molecule has 4 rings (SSSR count). The SMILES string of the molecule is O=C(NCCc1ccccc1)c1ccc(OC2CCN(C(=O)C3=CCCC3)CC2)cc1. The summed E-state index contributed by atoms with van der Waals surface area (Å²) in [7, 11) is 0. The van der Waals surface area contributed by atoms with Crippen LogP contribution in [0.5, 0.6) is 5.75 Å². The second-order valence-corrected chi connectivity index (χ2v) is 8.25. The number of carbonyl (C=O) groups excluding carboxylic acids is 2. The zero-order valence-electron chi connectivity index (χ0n) is 17.9. The van der Waals surface area contributed by atoms with Gasteiger partial charge in [-0.3, -0.25) is 9.59 Å². The van der Waals surface area contributed by atoms with Crippen LogP contribution in [0.2, 0.25) is 0 Å². The lowest BCUT2D eigenvalue weighted by atomic mass is 10.1. The summed E-state index contributed by atoms with van der Waals surface area (Å²) in [5, 5.41) is 2.97. The van der Waals surface area contributed by atoms with Crippen LogP contribution in [0.1, 0.15) is 48.0 Å². The molecule has 5 nitrogen and oxygen atoms in total. The van der Waals surface area contributed by atoms with Crippen LogP contribution in [0, 0.1) is 0 Å². The molecule has 0 spiro atoms. The Labute approximate surface area is 184 Å². The third-order valence-corrected chi connectivity index (χ3v) is 6.01. The van der Waals surface area contributed by atoms with E-state index in [-0.39, 0.29) is 17.9 Å². The van der Waals surface area contributed by atoms with Gasteiger partial charge in [-0.1, -0.05) is 36.4 Å². The van der Waals surface area contributed by atoms with Gasteiger partial charge in [0, 0.05) is 43.6 Å². The highest BCUT2D eigenvalue weighted by Crippen LogP contribution is 2.24. The van der Waals surface area contributed by atoms with Crippen molar-refractivity contribution in [3.63, 3.8) is 0 Å². The third kappa shape index (κ3) is 5.75. The minimum Gasteiger partial charge on any atom is -0.490 e. The summed E-state index contributed by atoms with van der Waals surface area (Å²) in [5.74, 6) is 0.901. The van der Waals surface area contributed by atoms with Crippen molar-refractivity contribution in [2.75, 3.05) is 19.6 Å². The van der Waals surface area contributed by atoms with E-state index in [1.54, 1.807) is 12.1 Å². The number of rotatable bonds is 7. The van der Waals surface area contributed by atoms with Gasteiger partial charge in [0.2, 0.25) is 5.91 Å². The molecule has 0 aromatic heterocycles. The molecule has 1 saturated heterocycles. The van der Waals surface area contributed by atoms with Crippen LogP contribution >= 0.6 is 0 Å². The Hall–Kier alpha value is -3.08. The van der Waals surface area contributed by atoms with E-state index in [1.165, 1.54) is 5.56 Å². The van der Waals surface area contributed by atoms with Gasteiger partial charge in [-0.15, -0.1) is 0 Å². The highest BCUT2D eigenvalue weighted by molar-refractivity contribution is 5.94. The van der Waals surface area contributed by atoms with Crippen LogP contribution in [-0.4, -0.2) is 42.5 Å². The lowest BCUT2D eigenvalue weighted by Crippen LogP contribution is -2.42. The summed E-state index contributed by atoms with van der Waals surface area (Å²) in [6.07, 6.45) is 7.72. The van der Waals surface area contributed by atoms with Crippen molar-refractivity contribution in [2.45, 2.75) is 44.6 Å². The van der Waals surface area contributed by atoms with Gasteiger partial charge >= 0.3 is 0 Å². The number of hydrogen-bond donors (Lipinski definition) is 1. The maximum atomic E-state index is 12.5. The average molecular weight is 419 g/mol. The second-order valence-electron chi connectivity index (χ2n) is 8.25. The number of benzene rings is 2. The molecule has 31 heavy (non-hydrogen) atoms. The molecule has 0 saturated carbocycles. The Morgan fingerprint density at radius 3 is 2.42 bits per heavy atom. The molecule has 1 heterocycles. The van der Waals surface area contributed by atoms with Crippen molar-refractivity contribution in [1.29, 1.82) is 0 Å². The Bertz CT molecular complexity index is 913. The summed E-state index contributed by atoms with van der Waals surface area (Å²) in [6, 6.07) is 17.4. The predicted octanol–water partition coefficient (Wildman–Crippen LogP) is 4.14. The van der Waals surface area contributed by atoms with Gasteiger partial charge in [-0.05, 0) is 55.5 Å². The quantitative estimate of drug-likeness (QED) is 0.735. The van der Waals surface area contributed by atoms with Crippen LogP contribution in [-0.2, 0) is 11.2 Å². The maximum absolute atomic E-state index is 12.5. The fraction of sp³-hybridized carbons (Fsp3) is 0.385. The Balaban J connectivity index is 1.20. The molecule has 2 amide bonds. The molecule has 0 unspecified atom stereocenters. The molecule has 1 aliphatic carbocycles. The third-order valence-electron chi connectivity index (χ3n) is 6.01. The first kappa shape index (κ1) is 21.2. The fourth-order valence-corrected chi connectivity index (χ4v) is 4.19. The van der Waals surface area contributed by atoms with Crippen molar-refractivity contribution in [2.24, 2.45) is 0 Å². The Morgan fingerprint density at radius 1 is 1.00 bits per heavy atom. The van der Waals surface area contributed by atoms with Gasteiger partial charge in [-0.2, -0.15) is 0 Å². The number of amides is 2. The summed E-state index contributed by atoms with van der Waals surface area (Å²) in [5.41, 5.74) is 2.82. The highest BCUT2D eigenvalue weighted by Gasteiger charge is 2.26. The van der Waals surface area contributed by atoms with Gasteiger partial charge in [0.05, 0.1) is 0 Å². The highest BCUT2D eigenvalue weighted by atomic mass is 16.5. The first-order valence-electron chi connectivity index (χ1n) is 11.3. The van der Waals surface area contributed by atoms with Crippen molar-refractivity contribution in [3.8, 4) is 5.75 Å². The number of carbonyl (C=O) groups is 2. The van der Waals surface area contributed by atoms with Gasteiger partial charge < -0.3 is 15.0 Å². The van der Waals surface area contributed by atoms with E-state index in [1.807, 2.05) is 35.2 Å². The van der Waals surface area contributed by atoms with Crippen LogP contribution in [0.25, 0.3) is 0 Å². The number of hydrogen-bond acceptors (Lipinski definition) is 3. The lowest BCUT2D eigenvalue weighted by Gasteiger charge is -2.32. The van der Waals surface area contributed by atoms with Crippen LogP contribution in [0.3, 0.4) is 0 Å². The van der Waals surface area contributed by atoms with E-state index in [0.29, 0.717) is 12.1 Å². The van der Waals surface area contributed by atoms with Gasteiger partial charge in [0.25, 0.3) is 5.91 Å². The Kier molecular flexibility index (Phi) is 7.03. The minimum atomic E-state index is -0.0736. The van der Waals surface area contributed by atoms with E-state index in [4.69, 9.17) is 4.74 Å². The smallest absolute Gasteiger partial charge is 0.251 e. The lowest BCUT2D eigenvalue weighted by molar-refractivity contribution is -0.129. The monoisotopic (exact) mass is 418 g/mol. The predicted molar refractivity (Wildman–Crippen MR) is 121 cm³/mol. The van der Waals surface area contributed by atoms with E-state index in [2.05, 4.69) is 23.5 Å². The Morgan fingerprint density at radius 2 is 1.74 bits per heavy atom. The molecule has 1 fully saturated rings. The first-order valence-corrected chi connectivity index (χ1v) is 11.3. The standard InChI is InChI=1S/C26H30N2O3/c29-25(27-17-14-20-6-2-1-3-7-20)21-10-12-23(13-11-21)31-24-15-18-28(19-16-24)26(30)22-8-4-5-9-22/h1-3,6-8,10-13,24H,4-5,9,14-19H2,(H,27,29). The largest absolute Gasteiger partial charge is 0.490 e. The first-order chi connectivity index (χ1) is 15.2. The molecule has 2 aromatic rings. The number of allylic oxidation sites excluding steroid dienone is 1. The molecule has 162 valence electrons. The number of likely N-dealkylation sites (tertiary alicyclic amines) is 1. The molecule has 1 N–H and O–H groups in total. The molecule has 0 bridgehead atoms. The van der Waals surface area contributed by atoms with Crippen LogP contribution in [0.15, 0.2) is 66.2 Å². The van der Waals surface area contributed by atoms with Gasteiger partial charge in [-0.25, -0.2) is 0 Å². The van der Waals surface area contributed by atoms with Crippen molar-refractivity contribution >= 4 is 11.8 Å². The van der Waals surface area contributed by atoms with Gasteiger partial charge in [0.15, 0.2) is 0 Å². The zero-order chi connectivity index (χ0) is 21.5. The number of nitrogens with one attached hydrogen (secondary N) is 1. The molecule has 0 atom stereocenters. The summed E-state index contributed by atoms with van der Waals surface area (Å²) in [4.78, 5) is 26.8. The molecule has 5 heteroatoms. The van der Waals surface area contributed by atoms with Crippen molar-refractivity contribution in [3.05, 3.63) is 77.4 Å². The molecule has 2 aromatic carbocycles. The molecule has 0 radical (unpaired) electrons. The minimum absolute atomic E-state index is 0.0736. The van der Waals surface area contributed by atoms with Crippen LogP contribution < -0.4 is 10.1 Å². The number of ether oxygens (including phenoxy) is 1. The van der Waals surface area contributed by atoms with E-state index in [0.717, 1.165) is 62.9 Å². The van der Waals surface area contributed by atoms with Crippen LogP contribution in [0.4, 0.5) is 0 Å². The fourth-order valence-electron chi connectivity index (χ4n) is 4.19.